The van der Waals surface area contributed by atoms with Gasteiger partial charge in [0.05, 0.1) is 12.4 Å². The van der Waals surface area contributed by atoms with Gasteiger partial charge < -0.3 is 5.32 Å². The van der Waals surface area contributed by atoms with E-state index in [0.29, 0.717) is 18.6 Å². The van der Waals surface area contributed by atoms with Gasteiger partial charge in [0.1, 0.15) is 13.4 Å². The maximum Gasteiger partial charge on any atom is 0.245 e. The van der Waals surface area contributed by atoms with Crippen molar-refractivity contribution in [1.82, 2.24) is 15.6 Å². The molecule has 20 heavy (non-hydrogen) atoms. The third-order valence-electron chi connectivity index (χ3n) is 4.07. The van der Waals surface area contributed by atoms with Crippen molar-refractivity contribution in [3.05, 3.63) is 28.6 Å². The Hall–Kier alpha value is -1.62. The molecular formula is C15H20BN3O. The molecule has 1 fully saturated rings. The molecular weight excluding hydrogens is 249 g/mol. The van der Waals surface area contributed by atoms with Crippen LogP contribution in [0, 0.1) is 13.8 Å². The fourth-order valence-corrected chi connectivity index (χ4v) is 2.61. The Morgan fingerprint density at radius 3 is 2.80 bits per heavy atom. The van der Waals surface area contributed by atoms with Gasteiger partial charge in [0.25, 0.3) is 0 Å². The zero-order valence-electron chi connectivity index (χ0n) is 12.5. The Labute approximate surface area is 121 Å². The summed E-state index contributed by atoms with van der Waals surface area (Å²) in [7, 11) is 5.86. The summed E-state index contributed by atoms with van der Waals surface area (Å²) in [6, 6.07) is 1.92. The van der Waals surface area contributed by atoms with Crippen LogP contribution in [0.1, 0.15) is 37.2 Å². The molecule has 104 valence electrons. The third-order valence-corrected chi connectivity index (χ3v) is 4.07. The first-order valence-electron chi connectivity index (χ1n) is 6.86. The van der Waals surface area contributed by atoms with E-state index in [1.54, 1.807) is 0 Å². The second-order valence-corrected chi connectivity index (χ2v) is 5.31. The second kappa shape index (κ2) is 5.41. The van der Waals surface area contributed by atoms with Crippen molar-refractivity contribution >= 4 is 25.3 Å². The van der Waals surface area contributed by atoms with Gasteiger partial charge in [-0.1, -0.05) is 18.5 Å². The number of carbonyl (C=O) groups excluding carboxylic acids is 1. The molecule has 0 aliphatic carbocycles. The maximum absolute atomic E-state index is 12.1. The number of aryl methyl sites for hydroxylation is 2. The molecule has 0 saturated carbocycles. The highest BCUT2D eigenvalue weighted by Crippen LogP contribution is 2.26. The number of amides is 1. The monoisotopic (exact) mass is 269 g/mol. The highest BCUT2D eigenvalue weighted by Gasteiger charge is 2.41. The van der Waals surface area contributed by atoms with Gasteiger partial charge in [0.2, 0.25) is 5.91 Å². The number of hydrogen-bond donors (Lipinski definition) is 2. The number of pyridine rings is 1. The van der Waals surface area contributed by atoms with Gasteiger partial charge in [-0.3, -0.25) is 15.1 Å². The van der Waals surface area contributed by atoms with Gasteiger partial charge in [-0.05, 0) is 44.4 Å². The molecule has 2 heterocycles. The molecule has 2 rings (SSSR count). The van der Waals surface area contributed by atoms with Crippen molar-refractivity contribution in [2.24, 2.45) is 0 Å². The lowest BCUT2D eigenvalue weighted by Crippen LogP contribution is -2.46. The highest BCUT2D eigenvalue weighted by molar-refractivity contribution is 6.33. The predicted octanol–water partition coefficient (Wildman–Crippen LogP) is 0.721. The summed E-state index contributed by atoms with van der Waals surface area (Å²) in [5.41, 5.74) is 3.72. The average molecular weight is 269 g/mol. The van der Waals surface area contributed by atoms with E-state index in [-0.39, 0.29) is 5.91 Å². The van der Waals surface area contributed by atoms with Crippen LogP contribution in [0.2, 0.25) is 0 Å². The van der Waals surface area contributed by atoms with Gasteiger partial charge in [0.15, 0.2) is 0 Å². The molecule has 1 amide bonds. The predicted molar refractivity (Wildman–Crippen MR) is 81.9 cm³/mol. The van der Waals surface area contributed by atoms with Crippen LogP contribution in [-0.2, 0) is 4.79 Å². The van der Waals surface area contributed by atoms with E-state index in [1.165, 1.54) is 0 Å². The number of rotatable bonds is 3. The van der Waals surface area contributed by atoms with Crippen molar-refractivity contribution in [3.8, 4) is 0 Å². The van der Waals surface area contributed by atoms with Crippen molar-refractivity contribution < 1.29 is 4.79 Å². The molecule has 2 radical (unpaired) electrons. The van der Waals surface area contributed by atoms with E-state index in [0.717, 1.165) is 22.5 Å². The fourth-order valence-electron chi connectivity index (χ4n) is 2.61. The molecule has 0 bridgehead atoms. The minimum absolute atomic E-state index is 0.0265. The summed E-state index contributed by atoms with van der Waals surface area (Å²) in [5, 5.41) is 6.09. The first-order chi connectivity index (χ1) is 9.40. The Bertz CT molecular complexity index is 583. The summed E-state index contributed by atoms with van der Waals surface area (Å²) < 4.78 is 0. The number of nitrogens with one attached hydrogen (secondary N) is 2. The highest BCUT2D eigenvalue weighted by atomic mass is 16.2. The molecule has 0 spiro atoms. The summed E-state index contributed by atoms with van der Waals surface area (Å²) >= 11 is 0. The largest absolute Gasteiger partial charge is 0.342 e. The molecule has 1 unspecified atom stereocenters. The zero-order valence-corrected chi connectivity index (χ0v) is 12.5. The Morgan fingerprint density at radius 2 is 2.25 bits per heavy atom. The lowest BCUT2D eigenvalue weighted by molar-refractivity contribution is -0.123. The standard InChI is InChI=1S/C15H20BN3O/c1-5-15(14(20)17-8-18-15)10(3)7-13-9(2)6-12(16)11(4)19-13/h6-7,18H,5,8H2,1-4H3,(H,17,20). The van der Waals surface area contributed by atoms with Gasteiger partial charge in [-0.15, -0.1) is 0 Å². The average Bonchev–Trinajstić information content (AvgIpc) is 2.78. The second-order valence-electron chi connectivity index (χ2n) is 5.31. The van der Waals surface area contributed by atoms with Crippen molar-refractivity contribution in [1.29, 1.82) is 0 Å². The fraction of sp³-hybridized carbons (Fsp3) is 0.467. The maximum atomic E-state index is 12.1. The van der Waals surface area contributed by atoms with Crippen LogP contribution in [-0.4, -0.2) is 30.9 Å². The number of hydrogen-bond acceptors (Lipinski definition) is 3. The van der Waals surface area contributed by atoms with Gasteiger partial charge in [0, 0.05) is 5.69 Å². The normalized spacial score (nSPS) is 23.0. The first kappa shape index (κ1) is 14.8. The van der Waals surface area contributed by atoms with Crippen LogP contribution < -0.4 is 16.1 Å². The number of carbonyl (C=O) groups is 1. The van der Waals surface area contributed by atoms with Crippen LogP contribution in [0.3, 0.4) is 0 Å². The van der Waals surface area contributed by atoms with E-state index in [1.807, 2.05) is 39.8 Å². The lowest BCUT2D eigenvalue weighted by atomic mass is 9.86. The van der Waals surface area contributed by atoms with Crippen molar-refractivity contribution in [2.45, 2.75) is 39.7 Å². The molecule has 1 aliphatic rings. The molecule has 1 aromatic heterocycles. The van der Waals surface area contributed by atoms with E-state index in [2.05, 4.69) is 15.6 Å². The topological polar surface area (TPSA) is 54.0 Å². The first-order valence-corrected chi connectivity index (χ1v) is 6.86. The van der Waals surface area contributed by atoms with E-state index in [4.69, 9.17) is 7.85 Å². The molecule has 2 N–H and O–H groups in total. The third kappa shape index (κ3) is 2.38. The van der Waals surface area contributed by atoms with Crippen LogP contribution in [0.4, 0.5) is 0 Å². The summed E-state index contributed by atoms with van der Waals surface area (Å²) in [4.78, 5) is 16.6. The van der Waals surface area contributed by atoms with E-state index >= 15 is 0 Å². The Morgan fingerprint density at radius 1 is 1.55 bits per heavy atom. The van der Waals surface area contributed by atoms with Crippen molar-refractivity contribution in [2.75, 3.05) is 6.67 Å². The SMILES string of the molecule is [B]c1cc(C)c(C=C(C)C2(CC)NCNC2=O)nc1C. The molecule has 0 aromatic carbocycles. The van der Waals surface area contributed by atoms with Crippen LogP contribution >= 0.6 is 0 Å². The van der Waals surface area contributed by atoms with Gasteiger partial charge in [-0.2, -0.15) is 0 Å². The Balaban J connectivity index is 2.44. The lowest BCUT2D eigenvalue weighted by Gasteiger charge is -2.26. The van der Waals surface area contributed by atoms with E-state index in [9.17, 15) is 4.79 Å². The minimum atomic E-state index is -0.622. The molecule has 4 nitrogen and oxygen atoms in total. The summed E-state index contributed by atoms with van der Waals surface area (Å²) in [6.45, 7) is 8.34. The van der Waals surface area contributed by atoms with E-state index < -0.39 is 5.54 Å². The van der Waals surface area contributed by atoms with Crippen LogP contribution in [0.5, 0.6) is 0 Å². The van der Waals surface area contributed by atoms with Crippen LogP contribution in [0.25, 0.3) is 6.08 Å². The summed E-state index contributed by atoms with van der Waals surface area (Å²) in [6.07, 6.45) is 2.68. The number of aromatic nitrogens is 1. The smallest absolute Gasteiger partial charge is 0.245 e. The quantitative estimate of drug-likeness (QED) is 0.795. The molecule has 1 saturated heterocycles. The molecule has 1 aliphatic heterocycles. The Kier molecular flexibility index (Phi) is 4.00. The van der Waals surface area contributed by atoms with Gasteiger partial charge >= 0.3 is 0 Å². The molecule has 1 atom stereocenters. The molecule has 1 aromatic rings. The van der Waals surface area contributed by atoms with Crippen LogP contribution in [0.15, 0.2) is 11.6 Å². The zero-order chi connectivity index (χ0) is 14.9. The minimum Gasteiger partial charge on any atom is -0.342 e. The number of nitrogens with zero attached hydrogens (tertiary/aromatic N) is 1. The van der Waals surface area contributed by atoms with Crippen molar-refractivity contribution in [3.63, 3.8) is 0 Å². The molecule has 5 heteroatoms. The van der Waals surface area contributed by atoms with Gasteiger partial charge in [-0.25, -0.2) is 0 Å². The summed E-state index contributed by atoms with van der Waals surface area (Å²) in [5.74, 6) is 0.0265.